The Kier molecular flexibility index (Phi) is 5.74. The molecule has 0 saturated carbocycles. The first-order valence-electron chi connectivity index (χ1n) is 7.41. The number of carbonyl (C=O) groups excluding carboxylic acids is 2. The SMILES string of the molecule is CCC(=O)Oc1cccc(Oc2ccccc2)c1OC(=O)CC. The number of ether oxygens (including phenoxy) is 3. The van der Waals surface area contributed by atoms with Gasteiger partial charge < -0.3 is 14.2 Å². The van der Waals surface area contributed by atoms with Crippen molar-refractivity contribution in [2.75, 3.05) is 0 Å². The molecule has 2 aromatic rings. The molecule has 120 valence electrons. The zero-order valence-electron chi connectivity index (χ0n) is 13.1. The number of para-hydroxylation sites is 2. The predicted molar refractivity (Wildman–Crippen MR) is 84.8 cm³/mol. The third-order valence-corrected chi connectivity index (χ3v) is 2.93. The molecule has 5 heteroatoms. The molecule has 0 aliphatic rings. The molecule has 0 amide bonds. The van der Waals surface area contributed by atoms with E-state index < -0.39 is 11.9 Å². The van der Waals surface area contributed by atoms with E-state index in [0.29, 0.717) is 11.5 Å². The summed E-state index contributed by atoms with van der Waals surface area (Å²) in [6.45, 7) is 3.37. The van der Waals surface area contributed by atoms with Gasteiger partial charge in [0.05, 0.1) is 0 Å². The lowest BCUT2D eigenvalue weighted by Gasteiger charge is -2.14. The first kappa shape index (κ1) is 16.5. The standard InChI is InChI=1S/C18H18O5/c1-3-16(19)22-15-12-8-11-14(18(15)23-17(20)4-2)21-13-9-6-5-7-10-13/h5-12H,3-4H2,1-2H3. The van der Waals surface area contributed by atoms with Crippen LogP contribution in [0.2, 0.25) is 0 Å². The minimum Gasteiger partial charge on any atom is -0.453 e. The van der Waals surface area contributed by atoms with Crippen molar-refractivity contribution in [3.8, 4) is 23.0 Å². The predicted octanol–water partition coefficient (Wildman–Crippen LogP) is 4.11. The van der Waals surface area contributed by atoms with E-state index in [1.165, 1.54) is 0 Å². The van der Waals surface area contributed by atoms with Gasteiger partial charge in [-0.15, -0.1) is 0 Å². The molecule has 0 heterocycles. The molecule has 0 N–H and O–H groups in total. The highest BCUT2D eigenvalue weighted by molar-refractivity contribution is 5.77. The van der Waals surface area contributed by atoms with Crippen LogP contribution in [0.1, 0.15) is 26.7 Å². The molecule has 0 bridgehead atoms. The zero-order valence-corrected chi connectivity index (χ0v) is 13.1. The van der Waals surface area contributed by atoms with Crippen molar-refractivity contribution in [2.45, 2.75) is 26.7 Å². The molecule has 2 rings (SSSR count). The number of hydrogen-bond acceptors (Lipinski definition) is 5. The minimum atomic E-state index is -0.442. The molecule has 0 saturated heterocycles. The molecule has 5 nitrogen and oxygen atoms in total. The second kappa shape index (κ2) is 7.98. The van der Waals surface area contributed by atoms with E-state index in [4.69, 9.17) is 14.2 Å². The molecule has 0 unspecified atom stereocenters. The average molecular weight is 314 g/mol. The maximum Gasteiger partial charge on any atom is 0.311 e. The van der Waals surface area contributed by atoms with Gasteiger partial charge in [-0.1, -0.05) is 38.1 Å². The maximum atomic E-state index is 11.7. The van der Waals surface area contributed by atoms with Crippen molar-refractivity contribution in [3.63, 3.8) is 0 Å². The van der Waals surface area contributed by atoms with Gasteiger partial charge >= 0.3 is 11.9 Å². The van der Waals surface area contributed by atoms with E-state index in [1.807, 2.05) is 18.2 Å². The van der Waals surface area contributed by atoms with Crippen molar-refractivity contribution >= 4 is 11.9 Å². The third kappa shape index (κ3) is 4.57. The van der Waals surface area contributed by atoms with E-state index >= 15 is 0 Å². The molecule has 0 aliphatic heterocycles. The number of carbonyl (C=O) groups is 2. The molecule has 0 atom stereocenters. The van der Waals surface area contributed by atoms with Crippen LogP contribution in [0.5, 0.6) is 23.0 Å². The largest absolute Gasteiger partial charge is 0.453 e. The molecule has 0 radical (unpaired) electrons. The Morgan fingerprint density at radius 1 is 0.783 bits per heavy atom. The smallest absolute Gasteiger partial charge is 0.311 e. The summed E-state index contributed by atoms with van der Waals surface area (Å²) in [4.78, 5) is 23.2. The fraction of sp³-hybridized carbons (Fsp3) is 0.222. The Hall–Kier alpha value is -2.82. The summed E-state index contributed by atoms with van der Waals surface area (Å²) in [5.41, 5.74) is 0. The average Bonchev–Trinajstić information content (AvgIpc) is 2.58. The molecule has 0 aliphatic carbocycles. The van der Waals surface area contributed by atoms with Crippen LogP contribution in [0.25, 0.3) is 0 Å². The fourth-order valence-electron chi connectivity index (χ4n) is 1.75. The van der Waals surface area contributed by atoms with E-state index in [0.717, 1.165) is 0 Å². The Labute approximate surface area is 134 Å². The van der Waals surface area contributed by atoms with Crippen molar-refractivity contribution in [3.05, 3.63) is 48.5 Å². The van der Waals surface area contributed by atoms with E-state index in [2.05, 4.69) is 0 Å². The second-order valence-corrected chi connectivity index (χ2v) is 4.65. The summed E-state index contributed by atoms with van der Waals surface area (Å²) < 4.78 is 16.3. The van der Waals surface area contributed by atoms with Crippen molar-refractivity contribution in [1.82, 2.24) is 0 Å². The lowest BCUT2D eigenvalue weighted by molar-refractivity contribution is -0.136. The Bertz CT molecular complexity index is 679. The number of rotatable bonds is 6. The van der Waals surface area contributed by atoms with E-state index in [1.54, 1.807) is 44.2 Å². The van der Waals surface area contributed by atoms with Crippen LogP contribution in [-0.2, 0) is 9.59 Å². The van der Waals surface area contributed by atoms with Crippen LogP contribution < -0.4 is 14.2 Å². The second-order valence-electron chi connectivity index (χ2n) is 4.65. The van der Waals surface area contributed by atoms with Gasteiger partial charge in [0.15, 0.2) is 11.5 Å². The third-order valence-electron chi connectivity index (χ3n) is 2.93. The van der Waals surface area contributed by atoms with Gasteiger partial charge in [0.25, 0.3) is 0 Å². The van der Waals surface area contributed by atoms with Gasteiger partial charge in [0.1, 0.15) is 5.75 Å². The number of esters is 2. The highest BCUT2D eigenvalue weighted by Crippen LogP contribution is 2.40. The van der Waals surface area contributed by atoms with Gasteiger partial charge in [0, 0.05) is 12.8 Å². The van der Waals surface area contributed by atoms with Crippen molar-refractivity contribution in [2.24, 2.45) is 0 Å². The van der Waals surface area contributed by atoms with Crippen LogP contribution in [0, 0.1) is 0 Å². The number of benzene rings is 2. The molecule has 0 aromatic heterocycles. The first-order chi connectivity index (χ1) is 11.1. The summed E-state index contributed by atoms with van der Waals surface area (Å²) in [5, 5.41) is 0. The van der Waals surface area contributed by atoms with Crippen LogP contribution in [0.15, 0.2) is 48.5 Å². The van der Waals surface area contributed by atoms with E-state index in [-0.39, 0.29) is 24.3 Å². The van der Waals surface area contributed by atoms with Crippen LogP contribution in [-0.4, -0.2) is 11.9 Å². The summed E-state index contributed by atoms with van der Waals surface area (Å²) in [5.74, 6) is 0.287. The molecule has 2 aromatic carbocycles. The summed E-state index contributed by atoms with van der Waals surface area (Å²) in [6, 6.07) is 13.9. The Balaban J connectivity index is 2.37. The van der Waals surface area contributed by atoms with Crippen LogP contribution in [0.4, 0.5) is 0 Å². The minimum absolute atomic E-state index is 0.102. The van der Waals surface area contributed by atoms with E-state index in [9.17, 15) is 9.59 Å². The molecule has 0 spiro atoms. The van der Waals surface area contributed by atoms with Gasteiger partial charge in [0.2, 0.25) is 5.75 Å². The highest BCUT2D eigenvalue weighted by atomic mass is 16.6. The van der Waals surface area contributed by atoms with Crippen LogP contribution in [0.3, 0.4) is 0 Å². The van der Waals surface area contributed by atoms with Gasteiger partial charge in [-0.05, 0) is 24.3 Å². The fourth-order valence-corrected chi connectivity index (χ4v) is 1.75. The molecule has 23 heavy (non-hydrogen) atoms. The molecular weight excluding hydrogens is 296 g/mol. The summed E-state index contributed by atoms with van der Waals surface area (Å²) in [7, 11) is 0. The quantitative estimate of drug-likeness (QED) is 0.593. The summed E-state index contributed by atoms with van der Waals surface area (Å²) >= 11 is 0. The monoisotopic (exact) mass is 314 g/mol. The van der Waals surface area contributed by atoms with Crippen molar-refractivity contribution < 1.29 is 23.8 Å². The highest BCUT2D eigenvalue weighted by Gasteiger charge is 2.18. The normalized spacial score (nSPS) is 10.0. The number of hydrogen-bond donors (Lipinski definition) is 0. The Morgan fingerprint density at radius 2 is 1.39 bits per heavy atom. The molecule has 0 fully saturated rings. The topological polar surface area (TPSA) is 61.8 Å². The van der Waals surface area contributed by atoms with Gasteiger partial charge in [-0.25, -0.2) is 0 Å². The van der Waals surface area contributed by atoms with Gasteiger partial charge in [-0.2, -0.15) is 0 Å². The lowest BCUT2D eigenvalue weighted by Crippen LogP contribution is -2.11. The van der Waals surface area contributed by atoms with Gasteiger partial charge in [-0.3, -0.25) is 9.59 Å². The lowest BCUT2D eigenvalue weighted by atomic mass is 10.2. The Morgan fingerprint density at radius 3 is 2.04 bits per heavy atom. The molecular formula is C18H18O5. The maximum absolute atomic E-state index is 11.7. The van der Waals surface area contributed by atoms with Crippen LogP contribution >= 0.6 is 0 Å². The van der Waals surface area contributed by atoms with Crippen molar-refractivity contribution in [1.29, 1.82) is 0 Å². The summed E-state index contributed by atoms with van der Waals surface area (Å²) in [6.07, 6.45) is 0.409. The first-order valence-corrected chi connectivity index (χ1v) is 7.41. The zero-order chi connectivity index (χ0) is 16.7.